The molecule has 0 spiro atoms. The molecule has 0 unspecified atom stereocenters. The van der Waals surface area contributed by atoms with E-state index in [0.29, 0.717) is 12.6 Å². The zero-order valence-electron chi connectivity index (χ0n) is 9.60. The number of anilines is 1. The monoisotopic (exact) mass is 239 g/mol. The van der Waals surface area contributed by atoms with E-state index in [9.17, 15) is 9.18 Å². The fraction of sp³-hybridized carbons (Fsp3) is 0.545. The molecule has 2 rings (SSSR count). The summed E-state index contributed by atoms with van der Waals surface area (Å²) >= 11 is 0. The van der Waals surface area contributed by atoms with E-state index in [0.717, 1.165) is 25.2 Å². The molecule has 0 atom stereocenters. The van der Waals surface area contributed by atoms with Crippen LogP contribution in [0, 0.1) is 5.82 Å². The Hall–Kier alpha value is -1.72. The molecule has 1 aliphatic rings. The zero-order chi connectivity index (χ0) is 12.3. The molecule has 1 aliphatic carbocycles. The topological polar surface area (TPSA) is 55.3 Å². The average Bonchev–Trinajstić information content (AvgIpc) is 3.12. The summed E-state index contributed by atoms with van der Waals surface area (Å²) in [5, 5.41) is 0. The minimum absolute atomic E-state index is 0.115. The Morgan fingerprint density at radius 3 is 2.71 bits per heavy atom. The Morgan fingerprint density at radius 1 is 1.53 bits per heavy atom. The van der Waals surface area contributed by atoms with Crippen molar-refractivity contribution in [1.82, 2.24) is 9.97 Å². The van der Waals surface area contributed by atoms with Crippen LogP contribution in [0.3, 0.4) is 0 Å². The van der Waals surface area contributed by atoms with E-state index in [2.05, 4.69) is 9.97 Å². The fourth-order valence-corrected chi connectivity index (χ4v) is 1.55. The first-order valence-corrected chi connectivity index (χ1v) is 5.60. The molecule has 5 nitrogen and oxygen atoms in total. The molecule has 92 valence electrons. The van der Waals surface area contributed by atoms with Gasteiger partial charge in [0.05, 0.1) is 19.0 Å². The van der Waals surface area contributed by atoms with E-state index in [-0.39, 0.29) is 18.6 Å². The van der Waals surface area contributed by atoms with Gasteiger partial charge in [0.15, 0.2) is 5.82 Å². The van der Waals surface area contributed by atoms with Gasteiger partial charge >= 0.3 is 5.97 Å². The van der Waals surface area contributed by atoms with Gasteiger partial charge in [-0.3, -0.25) is 4.79 Å². The van der Waals surface area contributed by atoms with E-state index in [1.807, 2.05) is 0 Å². The molecule has 0 saturated heterocycles. The number of ether oxygens (including phenoxy) is 1. The summed E-state index contributed by atoms with van der Waals surface area (Å²) in [6.45, 7) is 2.22. The highest BCUT2D eigenvalue weighted by atomic mass is 19.1. The first kappa shape index (κ1) is 11.8. The second-order valence-corrected chi connectivity index (χ2v) is 3.87. The number of carbonyl (C=O) groups is 1. The molecule has 0 bridgehead atoms. The first-order chi connectivity index (χ1) is 8.20. The van der Waals surface area contributed by atoms with Gasteiger partial charge in [0, 0.05) is 6.04 Å². The summed E-state index contributed by atoms with van der Waals surface area (Å²) in [7, 11) is 0. The van der Waals surface area contributed by atoms with Crippen molar-refractivity contribution in [2.24, 2.45) is 0 Å². The van der Waals surface area contributed by atoms with Crippen LogP contribution in [-0.4, -0.2) is 35.1 Å². The van der Waals surface area contributed by atoms with Gasteiger partial charge in [-0.05, 0) is 19.8 Å². The van der Waals surface area contributed by atoms with Crippen molar-refractivity contribution in [3.8, 4) is 0 Å². The predicted molar refractivity (Wildman–Crippen MR) is 59.0 cm³/mol. The van der Waals surface area contributed by atoms with Crippen LogP contribution in [0.25, 0.3) is 0 Å². The van der Waals surface area contributed by atoms with E-state index < -0.39 is 5.82 Å². The minimum atomic E-state index is -0.486. The summed E-state index contributed by atoms with van der Waals surface area (Å²) in [6, 6.07) is 0.268. The van der Waals surface area contributed by atoms with Crippen molar-refractivity contribution in [2.75, 3.05) is 18.1 Å². The van der Waals surface area contributed by atoms with Crippen molar-refractivity contribution < 1.29 is 13.9 Å². The van der Waals surface area contributed by atoms with Crippen LogP contribution in [0.1, 0.15) is 19.8 Å². The maximum absolute atomic E-state index is 12.7. The van der Waals surface area contributed by atoms with Crippen LogP contribution >= 0.6 is 0 Å². The van der Waals surface area contributed by atoms with Crippen LogP contribution in [-0.2, 0) is 9.53 Å². The molecular formula is C11H14FN3O2. The third-order valence-electron chi connectivity index (χ3n) is 2.46. The van der Waals surface area contributed by atoms with Crippen LogP contribution in [0.4, 0.5) is 10.3 Å². The molecule has 6 heteroatoms. The SMILES string of the molecule is CCOC(=O)CN(c1ncc(F)cn1)C1CC1. The number of hydrogen-bond acceptors (Lipinski definition) is 5. The molecule has 1 saturated carbocycles. The second kappa shape index (κ2) is 5.07. The van der Waals surface area contributed by atoms with Crippen molar-refractivity contribution in [3.05, 3.63) is 18.2 Å². The van der Waals surface area contributed by atoms with Gasteiger partial charge in [0.2, 0.25) is 5.95 Å². The highest BCUT2D eigenvalue weighted by Crippen LogP contribution is 2.29. The Kier molecular flexibility index (Phi) is 3.51. The number of aromatic nitrogens is 2. The average molecular weight is 239 g/mol. The van der Waals surface area contributed by atoms with Crippen molar-refractivity contribution >= 4 is 11.9 Å². The number of carbonyl (C=O) groups excluding carboxylic acids is 1. The summed E-state index contributed by atoms with van der Waals surface area (Å²) < 4.78 is 17.6. The van der Waals surface area contributed by atoms with Crippen molar-refractivity contribution in [1.29, 1.82) is 0 Å². The maximum atomic E-state index is 12.7. The number of halogens is 1. The third kappa shape index (κ3) is 3.12. The molecule has 1 aromatic heterocycles. The molecule has 17 heavy (non-hydrogen) atoms. The largest absolute Gasteiger partial charge is 0.465 e. The molecule has 0 N–H and O–H groups in total. The molecule has 0 aromatic carbocycles. The quantitative estimate of drug-likeness (QED) is 0.721. The lowest BCUT2D eigenvalue weighted by Crippen LogP contribution is -2.34. The highest BCUT2D eigenvalue weighted by Gasteiger charge is 2.32. The number of rotatable bonds is 5. The molecule has 0 radical (unpaired) electrons. The molecular weight excluding hydrogens is 225 g/mol. The summed E-state index contributed by atoms with van der Waals surface area (Å²) in [5.74, 6) is -0.421. The predicted octanol–water partition coefficient (Wildman–Crippen LogP) is 1.15. The van der Waals surface area contributed by atoms with Crippen molar-refractivity contribution in [2.45, 2.75) is 25.8 Å². The second-order valence-electron chi connectivity index (χ2n) is 3.87. The highest BCUT2D eigenvalue weighted by molar-refractivity contribution is 5.75. The van der Waals surface area contributed by atoms with Crippen LogP contribution < -0.4 is 4.90 Å². The van der Waals surface area contributed by atoms with E-state index in [1.54, 1.807) is 11.8 Å². The van der Waals surface area contributed by atoms with Gasteiger partial charge in [0.1, 0.15) is 6.54 Å². The van der Waals surface area contributed by atoms with Crippen LogP contribution in [0.5, 0.6) is 0 Å². The molecule has 0 aliphatic heterocycles. The molecule has 1 aromatic rings. The first-order valence-electron chi connectivity index (χ1n) is 5.60. The lowest BCUT2D eigenvalue weighted by atomic mass is 10.4. The van der Waals surface area contributed by atoms with E-state index in [4.69, 9.17) is 4.74 Å². The standard InChI is InChI=1S/C11H14FN3O2/c1-2-17-10(16)7-15(9-3-4-9)11-13-5-8(12)6-14-11/h5-6,9H,2-4,7H2,1H3. The number of nitrogens with zero attached hydrogens (tertiary/aromatic N) is 3. The summed E-state index contributed by atoms with van der Waals surface area (Å²) in [4.78, 5) is 21.0. The van der Waals surface area contributed by atoms with Gasteiger partial charge in [-0.1, -0.05) is 0 Å². The van der Waals surface area contributed by atoms with Crippen LogP contribution in [0.2, 0.25) is 0 Å². The summed E-state index contributed by atoms with van der Waals surface area (Å²) in [5.41, 5.74) is 0. The van der Waals surface area contributed by atoms with E-state index in [1.165, 1.54) is 0 Å². The number of hydrogen-bond donors (Lipinski definition) is 0. The van der Waals surface area contributed by atoms with Gasteiger partial charge in [0.25, 0.3) is 0 Å². The number of esters is 1. The van der Waals surface area contributed by atoms with Crippen molar-refractivity contribution in [3.63, 3.8) is 0 Å². The fourth-order valence-electron chi connectivity index (χ4n) is 1.55. The minimum Gasteiger partial charge on any atom is -0.465 e. The lowest BCUT2D eigenvalue weighted by Gasteiger charge is -2.20. The Morgan fingerprint density at radius 2 is 2.18 bits per heavy atom. The Balaban J connectivity index is 2.06. The Labute approximate surface area is 98.6 Å². The van der Waals surface area contributed by atoms with Crippen LogP contribution in [0.15, 0.2) is 12.4 Å². The maximum Gasteiger partial charge on any atom is 0.325 e. The smallest absolute Gasteiger partial charge is 0.325 e. The molecule has 1 fully saturated rings. The third-order valence-corrected chi connectivity index (χ3v) is 2.46. The Bertz CT molecular complexity index is 392. The van der Waals surface area contributed by atoms with Gasteiger partial charge in [-0.2, -0.15) is 0 Å². The van der Waals surface area contributed by atoms with Gasteiger partial charge in [-0.25, -0.2) is 14.4 Å². The molecule has 0 amide bonds. The van der Waals surface area contributed by atoms with Gasteiger partial charge in [-0.15, -0.1) is 0 Å². The summed E-state index contributed by atoms with van der Waals surface area (Å²) in [6.07, 6.45) is 4.20. The normalized spacial score (nSPS) is 14.5. The van der Waals surface area contributed by atoms with Gasteiger partial charge < -0.3 is 9.64 Å². The molecule has 1 heterocycles. The zero-order valence-corrected chi connectivity index (χ0v) is 9.60. The lowest BCUT2D eigenvalue weighted by molar-refractivity contribution is -0.141. The van der Waals surface area contributed by atoms with E-state index >= 15 is 0 Å².